The van der Waals surface area contributed by atoms with Crippen LogP contribution in [-0.2, 0) is 9.53 Å². The molecule has 0 spiro atoms. The molecule has 1 fully saturated rings. The topological polar surface area (TPSA) is 104 Å². The number of halogens is 1. The third-order valence-corrected chi connectivity index (χ3v) is 3.48. The number of urea groups is 1. The molecular weight excluding hydrogens is 319 g/mol. The van der Waals surface area contributed by atoms with Crippen molar-refractivity contribution < 1.29 is 23.5 Å². The van der Waals surface area contributed by atoms with Gasteiger partial charge >= 0.3 is 12.0 Å². The number of carbonyl (C=O) groups is 3. The molecular formula is C15H13FN4O4. The number of nitrogens with zero attached hydrogens (tertiary/aromatic N) is 2. The third-order valence-electron chi connectivity index (χ3n) is 3.48. The Morgan fingerprint density at radius 3 is 2.71 bits per heavy atom. The van der Waals surface area contributed by atoms with E-state index in [4.69, 9.17) is 4.74 Å². The first kappa shape index (κ1) is 15.7. The van der Waals surface area contributed by atoms with Gasteiger partial charge in [-0.05, 0) is 24.3 Å². The Balaban J connectivity index is 1.68. The lowest BCUT2D eigenvalue weighted by atomic mass is 10.1. The highest BCUT2D eigenvalue weighted by Crippen LogP contribution is 2.22. The zero-order valence-corrected chi connectivity index (χ0v) is 12.4. The van der Waals surface area contributed by atoms with Crippen LogP contribution in [0.5, 0.6) is 0 Å². The number of aromatic nitrogens is 2. The minimum atomic E-state index is -0.768. The third kappa shape index (κ3) is 3.09. The van der Waals surface area contributed by atoms with Gasteiger partial charge in [0.05, 0.1) is 11.9 Å². The second-order valence-corrected chi connectivity index (χ2v) is 5.02. The van der Waals surface area contributed by atoms with Crippen LogP contribution in [0.2, 0.25) is 0 Å². The molecule has 0 atom stereocenters. The number of hydrogen-bond acceptors (Lipinski definition) is 5. The fraction of sp³-hybridized carbons (Fsp3) is 0.200. The maximum Gasteiger partial charge on any atom is 0.342 e. The number of H-pyrrole nitrogens is 1. The second-order valence-electron chi connectivity index (χ2n) is 5.02. The van der Waals surface area contributed by atoms with E-state index in [1.807, 2.05) is 0 Å². The van der Waals surface area contributed by atoms with Crippen molar-refractivity contribution in [1.29, 1.82) is 0 Å². The van der Waals surface area contributed by atoms with Crippen LogP contribution in [0.4, 0.5) is 9.18 Å². The summed E-state index contributed by atoms with van der Waals surface area (Å²) in [4.78, 5) is 36.3. The van der Waals surface area contributed by atoms with E-state index in [2.05, 4.69) is 15.5 Å². The number of esters is 1. The van der Waals surface area contributed by atoms with Gasteiger partial charge in [-0.25, -0.2) is 14.0 Å². The monoisotopic (exact) mass is 332 g/mol. The minimum Gasteiger partial charge on any atom is -0.452 e. The molecule has 2 heterocycles. The molecule has 8 nitrogen and oxygen atoms in total. The van der Waals surface area contributed by atoms with Crippen LogP contribution in [0.15, 0.2) is 30.5 Å². The van der Waals surface area contributed by atoms with Gasteiger partial charge in [-0.15, -0.1) is 0 Å². The van der Waals surface area contributed by atoms with Crippen molar-refractivity contribution >= 4 is 17.9 Å². The number of carbonyl (C=O) groups excluding carboxylic acids is 3. The molecule has 24 heavy (non-hydrogen) atoms. The fourth-order valence-corrected chi connectivity index (χ4v) is 2.27. The van der Waals surface area contributed by atoms with Crippen LogP contribution in [0.1, 0.15) is 10.4 Å². The van der Waals surface area contributed by atoms with E-state index in [1.165, 1.54) is 30.5 Å². The highest BCUT2D eigenvalue weighted by Gasteiger charge is 2.27. The first-order chi connectivity index (χ1) is 11.6. The molecule has 0 aliphatic carbocycles. The van der Waals surface area contributed by atoms with Crippen molar-refractivity contribution in [2.45, 2.75) is 0 Å². The van der Waals surface area contributed by atoms with Crippen molar-refractivity contribution in [3.05, 3.63) is 41.8 Å². The van der Waals surface area contributed by atoms with Crippen LogP contribution >= 0.6 is 0 Å². The van der Waals surface area contributed by atoms with Crippen molar-refractivity contribution in [3.63, 3.8) is 0 Å². The maximum absolute atomic E-state index is 13.0. The van der Waals surface area contributed by atoms with Gasteiger partial charge in [-0.2, -0.15) is 5.10 Å². The van der Waals surface area contributed by atoms with E-state index in [0.29, 0.717) is 17.8 Å². The van der Waals surface area contributed by atoms with E-state index < -0.39 is 30.3 Å². The number of ether oxygens (including phenoxy) is 1. The van der Waals surface area contributed by atoms with Gasteiger partial charge in [-0.3, -0.25) is 14.8 Å². The molecule has 3 rings (SSSR count). The van der Waals surface area contributed by atoms with E-state index in [9.17, 15) is 18.8 Å². The largest absolute Gasteiger partial charge is 0.452 e. The summed E-state index contributed by atoms with van der Waals surface area (Å²) in [5, 5.41) is 8.90. The van der Waals surface area contributed by atoms with Crippen LogP contribution in [0.3, 0.4) is 0 Å². The number of aromatic amines is 1. The van der Waals surface area contributed by atoms with Gasteiger partial charge in [0.25, 0.3) is 5.91 Å². The molecule has 0 bridgehead atoms. The Bertz CT molecular complexity index is 787. The number of nitrogens with one attached hydrogen (secondary N) is 2. The summed E-state index contributed by atoms with van der Waals surface area (Å²) in [7, 11) is 0. The fourth-order valence-electron chi connectivity index (χ4n) is 2.27. The van der Waals surface area contributed by atoms with Gasteiger partial charge in [0.1, 0.15) is 11.4 Å². The highest BCUT2D eigenvalue weighted by atomic mass is 19.1. The Hall–Kier alpha value is -3.23. The summed E-state index contributed by atoms with van der Waals surface area (Å²) >= 11 is 0. The zero-order chi connectivity index (χ0) is 17.1. The van der Waals surface area contributed by atoms with Crippen LogP contribution in [-0.4, -0.2) is 52.7 Å². The summed E-state index contributed by atoms with van der Waals surface area (Å²) < 4.78 is 17.9. The molecule has 124 valence electrons. The lowest BCUT2D eigenvalue weighted by Gasteiger charge is -2.12. The van der Waals surface area contributed by atoms with Crippen molar-refractivity contribution in [1.82, 2.24) is 20.4 Å². The summed E-state index contributed by atoms with van der Waals surface area (Å²) in [6.07, 6.45) is 1.26. The standard InChI is InChI=1S/C15H13FN4O4/c16-10-3-1-9(2-4-10)13-11(7-18-19-13)14(22)24-8-12(21)20-6-5-17-15(20)23/h1-4,7H,5-6,8H2,(H,17,23)(H,18,19). The molecule has 1 aliphatic heterocycles. The van der Waals surface area contributed by atoms with Gasteiger partial charge in [-0.1, -0.05) is 0 Å². The molecule has 0 saturated carbocycles. The Morgan fingerprint density at radius 2 is 2.04 bits per heavy atom. The molecule has 2 N–H and O–H groups in total. The Labute approximate surface area is 135 Å². The molecule has 2 aromatic rings. The smallest absolute Gasteiger partial charge is 0.342 e. The molecule has 3 amide bonds. The number of rotatable bonds is 4. The lowest BCUT2D eigenvalue weighted by molar-refractivity contribution is -0.130. The average Bonchev–Trinajstić information content (AvgIpc) is 3.22. The molecule has 1 aliphatic rings. The summed E-state index contributed by atoms with van der Waals surface area (Å²) in [5.41, 5.74) is 1.01. The number of amides is 3. The Kier molecular flexibility index (Phi) is 4.23. The van der Waals surface area contributed by atoms with Crippen LogP contribution in [0.25, 0.3) is 11.3 Å². The molecule has 0 radical (unpaired) electrons. The highest BCUT2D eigenvalue weighted by molar-refractivity contribution is 5.99. The molecule has 1 aromatic carbocycles. The first-order valence-corrected chi connectivity index (χ1v) is 7.11. The van der Waals surface area contributed by atoms with E-state index >= 15 is 0 Å². The van der Waals surface area contributed by atoms with Gasteiger partial charge < -0.3 is 10.1 Å². The van der Waals surface area contributed by atoms with Crippen molar-refractivity contribution in [2.24, 2.45) is 0 Å². The molecule has 9 heteroatoms. The number of hydrogen-bond donors (Lipinski definition) is 2. The number of imide groups is 1. The van der Waals surface area contributed by atoms with Crippen LogP contribution in [0, 0.1) is 5.82 Å². The first-order valence-electron chi connectivity index (χ1n) is 7.11. The summed E-state index contributed by atoms with van der Waals surface area (Å²) in [6.45, 7) is 0.0526. The Morgan fingerprint density at radius 1 is 1.29 bits per heavy atom. The zero-order valence-electron chi connectivity index (χ0n) is 12.4. The van der Waals surface area contributed by atoms with E-state index in [1.54, 1.807) is 0 Å². The van der Waals surface area contributed by atoms with Crippen LogP contribution < -0.4 is 5.32 Å². The second kappa shape index (κ2) is 6.49. The van der Waals surface area contributed by atoms with E-state index in [0.717, 1.165) is 4.90 Å². The number of benzene rings is 1. The molecule has 1 saturated heterocycles. The van der Waals surface area contributed by atoms with Crippen molar-refractivity contribution in [3.8, 4) is 11.3 Å². The normalized spacial score (nSPS) is 13.7. The van der Waals surface area contributed by atoms with Gasteiger partial charge in [0.15, 0.2) is 6.61 Å². The maximum atomic E-state index is 13.0. The van der Waals surface area contributed by atoms with Gasteiger partial charge in [0.2, 0.25) is 0 Å². The van der Waals surface area contributed by atoms with Crippen molar-refractivity contribution in [2.75, 3.05) is 19.7 Å². The quantitative estimate of drug-likeness (QED) is 0.810. The van der Waals surface area contributed by atoms with Gasteiger partial charge in [0, 0.05) is 18.7 Å². The average molecular weight is 332 g/mol. The molecule has 0 unspecified atom stereocenters. The lowest BCUT2D eigenvalue weighted by Crippen LogP contribution is -2.37. The SMILES string of the molecule is O=C(OCC(=O)N1CCNC1=O)c1cn[nH]c1-c1ccc(F)cc1. The molecule has 1 aromatic heterocycles. The minimum absolute atomic E-state index is 0.111. The predicted octanol–water partition coefficient (Wildman–Crippen LogP) is 0.924. The predicted molar refractivity (Wildman–Crippen MR) is 79.4 cm³/mol. The summed E-state index contributed by atoms with van der Waals surface area (Å²) in [5.74, 6) is -1.78. The summed E-state index contributed by atoms with van der Waals surface area (Å²) in [6, 6.07) is 4.96. The van der Waals surface area contributed by atoms with E-state index in [-0.39, 0.29) is 12.1 Å².